The van der Waals surface area contributed by atoms with Crippen LogP contribution in [0.15, 0.2) is 30.3 Å². The Balaban J connectivity index is 2.14. The molecule has 0 aliphatic carbocycles. The standard InChI is InChI=1S/C11H16N2O2S/c1-16(14,15)13-8-7-12-11(9-13)10-5-3-2-4-6-10/h2-6,11-12H,7-9H2,1H3/t11-/m1/s1. The van der Waals surface area contributed by atoms with Crippen molar-refractivity contribution in [1.29, 1.82) is 0 Å². The summed E-state index contributed by atoms with van der Waals surface area (Å²) < 4.78 is 24.5. The summed E-state index contributed by atoms with van der Waals surface area (Å²) in [5.74, 6) is 0. The van der Waals surface area contributed by atoms with Crippen molar-refractivity contribution in [3.63, 3.8) is 0 Å². The molecule has 1 aromatic rings. The van der Waals surface area contributed by atoms with E-state index in [-0.39, 0.29) is 6.04 Å². The van der Waals surface area contributed by atoms with Crippen molar-refractivity contribution in [2.45, 2.75) is 6.04 Å². The zero-order valence-electron chi connectivity index (χ0n) is 9.26. The molecule has 1 fully saturated rings. The molecular formula is C11H16N2O2S. The summed E-state index contributed by atoms with van der Waals surface area (Å²) in [7, 11) is -3.07. The second-order valence-electron chi connectivity index (χ2n) is 4.04. The maximum Gasteiger partial charge on any atom is 0.211 e. The van der Waals surface area contributed by atoms with E-state index in [0.717, 1.165) is 5.56 Å². The molecule has 0 saturated carbocycles. The first-order chi connectivity index (χ1) is 7.57. The van der Waals surface area contributed by atoms with Gasteiger partial charge in [-0.1, -0.05) is 30.3 Å². The Morgan fingerprint density at radius 1 is 1.31 bits per heavy atom. The van der Waals surface area contributed by atoms with Gasteiger partial charge < -0.3 is 5.32 Å². The number of rotatable bonds is 2. The van der Waals surface area contributed by atoms with E-state index in [2.05, 4.69) is 5.32 Å². The molecule has 5 heteroatoms. The zero-order chi connectivity index (χ0) is 11.6. The molecule has 0 aromatic heterocycles. The molecule has 88 valence electrons. The van der Waals surface area contributed by atoms with Gasteiger partial charge in [0.1, 0.15) is 0 Å². The first-order valence-electron chi connectivity index (χ1n) is 5.31. The molecule has 1 aliphatic heterocycles. The molecule has 1 saturated heterocycles. The highest BCUT2D eigenvalue weighted by atomic mass is 32.2. The molecule has 16 heavy (non-hydrogen) atoms. The molecule has 2 rings (SSSR count). The molecule has 1 N–H and O–H groups in total. The van der Waals surface area contributed by atoms with E-state index < -0.39 is 10.0 Å². The van der Waals surface area contributed by atoms with Crippen LogP contribution in [-0.2, 0) is 10.0 Å². The molecule has 0 unspecified atom stereocenters. The van der Waals surface area contributed by atoms with E-state index in [1.807, 2.05) is 30.3 Å². The summed E-state index contributed by atoms with van der Waals surface area (Å²) in [5.41, 5.74) is 1.14. The minimum absolute atomic E-state index is 0.102. The molecule has 1 heterocycles. The fraction of sp³-hybridized carbons (Fsp3) is 0.455. The second-order valence-corrected chi connectivity index (χ2v) is 6.02. The monoisotopic (exact) mass is 240 g/mol. The van der Waals surface area contributed by atoms with Crippen molar-refractivity contribution < 1.29 is 8.42 Å². The molecule has 0 amide bonds. The van der Waals surface area contributed by atoms with Crippen LogP contribution in [0.1, 0.15) is 11.6 Å². The third-order valence-electron chi connectivity index (χ3n) is 2.81. The Bertz CT molecular complexity index is 444. The fourth-order valence-corrected chi connectivity index (χ4v) is 2.78. The highest BCUT2D eigenvalue weighted by Crippen LogP contribution is 2.18. The first-order valence-corrected chi connectivity index (χ1v) is 7.15. The van der Waals surface area contributed by atoms with Gasteiger partial charge in [0.05, 0.1) is 6.26 Å². The number of piperazine rings is 1. The average Bonchev–Trinajstić information content (AvgIpc) is 2.29. The minimum Gasteiger partial charge on any atom is -0.308 e. The zero-order valence-corrected chi connectivity index (χ0v) is 10.1. The molecular weight excluding hydrogens is 224 g/mol. The predicted molar refractivity (Wildman–Crippen MR) is 63.6 cm³/mol. The van der Waals surface area contributed by atoms with Gasteiger partial charge in [-0.2, -0.15) is 4.31 Å². The summed E-state index contributed by atoms with van der Waals surface area (Å²) in [5, 5.41) is 3.33. The Morgan fingerprint density at radius 3 is 2.62 bits per heavy atom. The van der Waals surface area contributed by atoms with Gasteiger partial charge in [-0.3, -0.25) is 0 Å². The van der Waals surface area contributed by atoms with E-state index >= 15 is 0 Å². The Labute approximate surface area is 96.3 Å². The van der Waals surface area contributed by atoms with Crippen LogP contribution in [0.4, 0.5) is 0 Å². The maximum atomic E-state index is 11.5. The fourth-order valence-electron chi connectivity index (χ4n) is 1.93. The Kier molecular flexibility index (Phi) is 3.28. The van der Waals surface area contributed by atoms with Gasteiger partial charge in [0.2, 0.25) is 10.0 Å². The smallest absolute Gasteiger partial charge is 0.211 e. The highest BCUT2D eigenvalue weighted by molar-refractivity contribution is 7.88. The summed E-state index contributed by atoms with van der Waals surface area (Å²) in [6, 6.07) is 10.0. The van der Waals surface area contributed by atoms with E-state index in [9.17, 15) is 8.42 Å². The maximum absolute atomic E-state index is 11.5. The largest absolute Gasteiger partial charge is 0.308 e. The minimum atomic E-state index is -3.07. The van der Waals surface area contributed by atoms with Crippen molar-refractivity contribution >= 4 is 10.0 Å². The Hall–Kier alpha value is -0.910. The quantitative estimate of drug-likeness (QED) is 0.823. The van der Waals surface area contributed by atoms with Gasteiger partial charge in [0, 0.05) is 25.7 Å². The number of hydrogen-bond donors (Lipinski definition) is 1. The van der Waals surface area contributed by atoms with E-state index in [1.165, 1.54) is 10.6 Å². The molecule has 0 radical (unpaired) electrons. The topological polar surface area (TPSA) is 49.4 Å². The van der Waals surface area contributed by atoms with Gasteiger partial charge in [-0.15, -0.1) is 0 Å². The van der Waals surface area contributed by atoms with Crippen LogP contribution in [0.25, 0.3) is 0 Å². The van der Waals surface area contributed by atoms with E-state index in [1.54, 1.807) is 0 Å². The van der Waals surface area contributed by atoms with Crippen LogP contribution in [0.5, 0.6) is 0 Å². The van der Waals surface area contributed by atoms with E-state index in [0.29, 0.717) is 19.6 Å². The second kappa shape index (κ2) is 4.53. The van der Waals surface area contributed by atoms with Gasteiger partial charge >= 0.3 is 0 Å². The lowest BCUT2D eigenvalue weighted by atomic mass is 10.1. The molecule has 0 spiro atoms. The number of hydrogen-bond acceptors (Lipinski definition) is 3. The highest BCUT2D eigenvalue weighted by Gasteiger charge is 2.25. The van der Waals surface area contributed by atoms with Crippen LogP contribution in [0, 0.1) is 0 Å². The number of benzene rings is 1. The average molecular weight is 240 g/mol. The van der Waals surface area contributed by atoms with Crippen molar-refractivity contribution in [2.75, 3.05) is 25.9 Å². The van der Waals surface area contributed by atoms with Crippen molar-refractivity contribution in [1.82, 2.24) is 9.62 Å². The first kappa shape index (κ1) is 11.6. The lowest BCUT2D eigenvalue weighted by Gasteiger charge is -2.32. The predicted octanol–water partition coefficient (Wildman–Crippen LogP) is 0.592. The molecule has 1 aliphatic rings. The molecule has 1 atom stereocenters. The Morgan fingerprint density at radius 2 is 2.00 bits per heavy atom. The summed E-state index contributed by atoms with van der Waals surface area (Å²) in [6.45, 7) is 1.78. The van der Waals surface area contributed by atoms with Crippen LogP contribution >= 0.6 is 0 Å². The number of nitrogens with zero attached hydrogens (tertiary/aromatic N) is 1. The van der Waals surface area contributed by atoms with Crippen molar-refractivity contribution in [3.8, 4) is 0 Å². The van der Waals surface area contributed by atoms with Crippen LogP contribution in [0.3, 0.4) is 0 Å². The molecule has 0 bridgehead atoms. The summed E-state index contributed by atoms with van der Waals surface area (Å²) in [4.78, 5) is 0. The van der Waals surface area contributed by atoms with Crippen molar-refractivity contribution in [2.24, 2.45) is 0 Å². The van der Waals surface area contributed by atoms with Crippen molar-refractivity contribution in [3.05, 3.63) is 35.9 Å². The number of nitrogens with one attached hydrogen (secondary N) is 1. The van der Waals surface area contributed by atoms with E-state index in [4.69, 9.17) is 0 Å². The van der Waals surface area contributed by atoms with Gasteiger partial charge in [0.25, 0.3) is 0 Å². The van der Waals surface area contributed by atoms with Gasteiger partial charge in [0.15, 0.2) is 0 Å². The van der Waals surface area contributed by atoms with Gasteiger partial charge in [-0.05, 0) is 5.56 Å². The SMILES string of the molecule is CS(=O)(=O)N1CCN[C@@H](c2ccccc2)C1. The summed E-state index contributed by atoms with van der Waals surface area (Å²) in [6.07, 6.45) is 1.26. The normalized spacial score (nSPS) is 23.2. The lowest BCUT2D eigenvalue weighted by Crippen LogP contribution is -2.47. The van der Waals surface area contributed by atoms with Crippen LogP contribution < -0.4 is 5.32 Å². The van der Waals surface area contributed by atoms with Gasteiger partial charge in [-0.25, -0.2) is 8.42 Å². The number of sulfonamides is 1. The van der Waals surface area contributed by atoms with Crippen LogP contribution in [0.2, 0.25) is 0 Å². The summed E-state index contributed by atoms with van der Waals surface area (Å²) >= 11 is 0. The third-order valence-corrected chi connectivity index (χ3v) is 4.08. The lowest BCUT2D eigenvalue weighted by molar-refractivity contribution is 0.303. The molecule has 1 aromatic carbocycles. The molecule has 4 nitrogen and oxygen atoms in total. The third kappa shape index (κ3) is 2.61. The van der Waals surface area contributed by atoms with Crippen LogP contribution in [-0.4, -0.2) is 38.6 Å².